The molecule has 0 radical (unpaired) electrons. The highest BCUT2D eigenvalue weighted by atomic mass is 32.2. The lowest BCUT2D eigenvalue weighted by atomic mass is 10.3. The minimum Gasteiger partial charge on any atom is -0.383 e. The molecule has 0 bridgehead atoms. The summed E-state index contributed by atoms with van der Waals surface area (Å²) < 4.78 is 0. The third kappa shape index (κ3) is 3.56. The standard InChI is InChI=1S/C11H12N6O2S/c12-8-4-9(18)16-11(15-8)20-5-6-2-1-3-7(14-6)10(19)17-13/h1-4H,5,13H2,(H,17,19)(H3,12,15,16,18). The highest BCUT2D eigenvalue weighted by Gasteiger charge is 2.07. The van der Waals surface area contributed by atoms with Crippen LogP contribution in [0.2, 0.25) is 0 Å². The first kappa shape index (κ1) is 14.0. The third-order valence-electron chi connectivity index (χ3n) is 2.27. The Balaban J connectivity index is 2.11. The number of nitrogens with zero attached hydrogens (tertiary/aromatic N) is 2. The van der Waals surface area contributed by atoms with Gasteiger partial charge in [-0.05, 0) is 12.1 Å². The molecule has 0 saturated heterocycles. The Bertz CT molecular complexity index is 687. The molecule has 2 rings (SSSR count). The second kappa shape index (κ2) is 6.17. The van der Waals surface area contributed by atoms with E-state index in [9.17, 15) is 9.59 Å². The van der Waals surface area contributed by atoms with E-state index in [1.54, 1.807) is 18.2 Å². The number of aromatic nitrogens is 3. The van der Waals surface area contributed by atoms with Crippen molar-refractivity contribution in [1.29, 1.82) is 0 Å². The van der Waals surface area contributed by atoms with Gasteiger partial charge in [0.05, 0.1) is 5.69 Å². The maximum absolute atomic E-state index is 11.3. The number of carbonyl (C=O) groups is 1. The van der Waals surface area contributed by atoms with Gasteiger partial charge < -0.3 is 10.7 Å². The monoisotopic (exact) mass is 292 g/mol. The van der Waals surface area contributed by atoms with E-state index in [0.29, 0.717) is 16.6 Å². The fourth-order valence-corrected chi connectivity index (χ4v) is 2.21. The number of carbonyl (C=O) groups excluding carboxylic acids is 1. The lowest BCUT2D eigenvalue weighted by molar-refractivity contribution is 0.0948. The molecule has 2 aromatic heterocycles. The van der Waals surface area contributed by atoms with Crippen LogP contribution in [0.1, 0.15) is 16.2 Å². The van der Waals surface area contributed by atoms with Crippen molar-refractivity contribution in [3.63, 3.8) is 0 Å². The number of pyridine rings is 1. The number of rotatable bonds is 4. The lowest BCUT2D eigenvalue weighted by Crippen LogP contribution is -2.30. The number of aromatic amines is 1. The van der Waals surface area contributed by atoms with Crippen LogP contribution in [0.15, 0.2) is 34.2 Å². The number of hydrogen-bond acceptors (Lipinski definition) is 7. The molecule has 2 heterocycles. The topological polar surface area (TPSA) is 140 Å². The minimum absolute atomic E-state index is 0.153. The van der Waals surface area contributed by atoms with Crippen LogP contribution in [0, 0.1) is 0 Å². The fourth-order valence-electron chi connectivity index (χ4n) is 1.42. The Morgan fingerprint density at radius 2 is 2.20 bits per heavy atom. The Labute approximate surface area is 118 Å². The molecular weight excluding hydrogens is 280 g/mol. The Kier molecular flexibility index (Phi) is 4.33. The molecule has 2 aromatic rings. The van der Waals surface area contributed by atoms with Crippen LogP contribution in [-0.4, -0.2) is 20.9 Å². The molecule has 8 nitrogen and oxygen atoms in total. The van der Waals surface area contributed by atoms with E-state index < -0.39 is 5.91 Å². The number of thioether (sulfide) groups is 1. The Hall–Kier alpha value is -2.39. The molecule has 104 valence electrons. The molecule has 6 N–H and O–H groups in total. The molecule has 9 heteroatoms. The van der Waals surface area contributed by atoms with Gasteiger partial charge in [0, 0.05) is 11.8 Å². The van der Waals surface area contributed by atoms with Crippen molar-refractivity contribution < 1.29 is 4.79 Å². The summed E-state index contributed by atoms with van der Waals surface area (Å²) in [6.07, 6.45) is 0. The predicted octanol–water partition coefficient (Wildman–Crippen LogP) is -0.357. The van der Waals surface area contributed by atoms with Crippen molar-refractivity contribution in [2.75, 3.05) is 5.73 Å². The largest absolute Gasteiger partial charge is 0.383 e. The number of amides is 1. The van der Waals surface area contributed by atoms with E-state index in [4.69, 9.17) is 11.6 Å². The van der Waals surface area contributed by atoms with Gasteiger partial charge in [-0.1, -0.05) is 17.8 Å². The van der Waals surface area contributed by atoms with Gasteiger partial charge in [0.2, 0.25) is 0 Å². The van der Waals surface area contributed by atoms with Gasteiger partial charge in [-0.15, -0.1) is 0 Å². The average molecular weight is 292 g/mol. The molecule has 1 amide bonds. The quantitative estimate of drug-likeness (QED) is 0.198. The summed E-state index contributed by atoms with van der Waals surface area (Å²) in [6, 6.07) is 6.21. The molecule has 0 spiro atoms. The van der Waals surface area contributed by atoms with Crippen LogP contribution in [0.3, 0.4) is 0 Å². The number of nitrogens with one attached hydrogen (secondary N) is 2. The van der Waals surface area contributed by atoms with Crippen molar-refractivity contribution in [2.45, 2.75) is 10.9 Å². The van der Waals surface area contributed by atoms with Crippen molar-refractivity contribution in [3.8, 4) is 0 Å². The van der Waals surface area contributed by atoms with Crippen LogP contribution in [0.4, 0.5) is 5.82 Å². The normalized spacial score (nSPS) is 10.2. The third-order valence-corrected chi connectivity index (χ3v) is 3.17. The predicted molar refractivity (Wildman–Crippen MR) is 74.7 cm³/mol. The Morgan fingerprint density at radius 1 is 1.40 bits per heavy atom. The molecule has 0 atom stereocenters. The van der Waals surface area contributed by atoms with E-state index in [0.717, 1.165) is 0 Å². The van der Waals surface area contributed by atoms with Crippen LogP contribution in [0.25, 0.3) is 0 Å². The summed E-state index contributed by atoms with van der Waals surface area (Å²) in [5, 5.41) is 0.394. The van der Waals surface area contributed by atoms with E-state index in [2.05, 4.69) is 15.0 Å². The summed E-state index contributed by atoms with van der Waals surface area (Å²) in [7, 11) is 0. The van der Waals surface area contributed by atoms with Gasteiger partial charge in [-0.25, -0.2) is 15.8 Å². The molecule has 0 aliphatic heterocycles. The van der Waals surface area contributed by atoms with Crippen molar-refractivity contribution in [3.05, 3.63) is 46.0 Å². The summed E-state index contributed by atoms with van der Waals surface area (Å²) in [6.45, 7) is 0. The van der Waals surface area contributed by atoms with E-state index in [1.807, 2.05) is 5.43 Å². The van der Waals surface area contributed by atoms with Crippen LogP contribution >= 0.6 is 11.8 Å². The number of nitrogen functional groups attached to an aromatic ring is 2. The first-order valence-electron chi connectivity index (χ1n) is 5.55. The molecule has 20 heavy (non-hydrogen) atoms. The number of H-pyrrole nitrogens is 1. The first-order chi connectivity index (χ1) is 9.58. The summed E-state index contributed by atoms with van der Waals surface area (Å²) in [5.41, 5.74) is 8.06. The highest BCUT2D eigenvalue weighted by molar-refractivity contribution is 7.98. The average Bonchev–Trinajstić information content (AvgIpc) is 2.43. The van der Waals surface area contributed by atoms with Gasteiger partial charge in [-0.3, -0.25) is 15.0 Å². The summed E-state index contributed by atoms with van der Waals surface area (Å²) in [4.78, 5) is 33.3. The van der Waals surface area contributed by atoms with Gasteiger partial charge in [0.15, 0.2) is 5.16 Å². The van der Waals surface area contributed by atoms with Crippen molar-refractivity contribution in [2.24, 2.45) is 5.84 Å². The van der Waals surface area contributed by atoms with Crippen LogP contribution in [-0.2, 0) is 5.75 Å². The van der Waals surface area contributed by atoms with Crippen LogP contribution < -0.4 is 22.6 Å². The van der Waals surface area contributed by atoms with Gasteiger partial charge in [-0.2, -0.15) is 0 Å². The second-order valence-corrected chi connectivity index (χ2v) is 4.72. The van der Waals surface area contributed by atoms with E-state index in [1.165, 1.54) is 17.8 Å². The molecule has 0 aromatic carbocycles. The summed E-state index contributed by atoms with van der Waals surface area (Å²) in [5.74, 6) is 5.16. The molecule has 0 saturated carbocycles. The smallest absolute Gasteiger partial charge is 0.283 e. The number of nitrogens with two attached hydrogens (primary N) is 2. The van der Waals surface area contributed by atoms with Crippen LogP contribution in [0.5, 0.6) is 0 Å². The first-order valence-corrected chi connectivity index (χ1v) is 6.53. The van der Waals surface area contributed by atoms with E-state index >= 15 is 0 Å². The number of hydrogen-bond donors (Lipinski definition) is 4. The van der Waals surface area contributed by atoms with Crippen molar-refractivity contribution in [1.82, 2.24) is 20.4 Å². The number of hydrazine groups is 1. The van der Waals surface area contributed by atoms with Gasteiger partial charge in [0.1, 0.15) is 11.5 Å². The molecule has 0 unspecified atom stereocenters. The maximum Gasteiger partial charge on any atom is 0.283 e. The zero-order valence-corrected chi connectivity index (χ0v) is 11.1. The van der Waals surface area contributed by atoms with Gasteiger partial charge >= 0.3 is 0 Å². The van der Waals surface area contributed by atoms with Crippen molar-refractivity contribution >= 4 is 23.5 Å². The minimum atomic E-state index is -0.465. The lowest BCUT2D eigenvalue weighted by Gasteiger charge is -2.03. The summed E-state index contributed by atoms with van der Waals surface area (Å²) >= 11 is 1.26. The zero-order valence-electron chi connectivity index (χ0n) is 10.3. The maximum atomic E-state index is 11.3. The molecule has 0 aliphatic rings. The van der Waals surface area contributed by atoms with Gasteiger partial charge in [0.25, 0.3) is 11.5 Å². The molecule has 0 aliphatic carbocycles. The van der Waals surface area contributed by atoms with E-state index in [-0.39, 0.29) is 17.1 Å². The number of anilines is 1. The molecule has 0 fully saturated rings. The SMILES string of the molecule is NNC(=O)c1cccc(CSc2nc(N)cc(=O)[nH]2)n1. The Morgan fingerprint density at radius 3 is 2.90 bits per heavy atom. The highest BCUT2D eigenvalue weighted by Crippen LogP contribution is 2.17. The fraction of sp³-hybridized carbons (Fsp3) is 0.0909. The zero-order chi connectivity index (χ0) is 14.5. The molecular formula is C11H12N6O2S. The second-order valence-electron chi connectivity index (χ2n) is 3.75.